The maximum atomic E-state index is 13.1. The van der Waals surface area contributed by atoms with E-state index < -0.39 is 0 Å². The van der Waals surface area contributed by atoms with Crippen LogP contribution >= 0.6 is 0 Å². The van der Waals surface area contributed by atoms with Crippen molar-refractivity contribution in [3.8, 4) is 0 Å². The highest BCUT2D eigenvalue weighted by Crippen LogP contribution is 2.35. The summed E-state index contributed by atoms with van der Waals surface area (Å²) in [5.74, 6) is 0.389. The van der Waals surface area contributed by atoms with E-state index in [2.05, 4.69) is 4.98 Å². The molecular formula is C20H26N4O3. The van der Waals surface area contributed by atoms with Crippen molar-refractivity contribution in [3.05, 3.63) is 38.7 Å². The number of aromatic nitrogens is 3. The third kappa shape index (κ3) is 2.99. The van der Waals surface area contributed by atoms with Gasteiger partial charge in [-0.2, -0.15) is 0 Å². The Balaban J connectivity index is 1.76. The molecule has 1 aliphatic heterocycles. The van der Waals surface area contributed by atoms with Crippen LogP contribution in [0.2, 0.25) is 0 Å². The number of piperidine rings is 1. The summed E-state index contributed by atoms with van der Waals surface area (Å²) in [6.07, 6.45) is 7.17. The number of nitrogens with zero attached hydrogens (tertiary/aromatic N) is 4. The van der Waals surface area contributed by atoms with E-state index in [1.807, 2.05) is 11.0 Å². The van der Waals surface area contributed by atoms with Gasteiger partial charge in [0.1, 0.15) is 5.65 Å². The van der Waals surface area contributed by atoms with Crippen LogP contribution in [-0.4, -0.2) is 31.5 Å². The van der Waals surface area contributed by atoms with Gasteiger partial charge in [0.25, 0.3) is 5.56 Å². The lowest BCUT2D eigenvalue weighted by atomic mass is 9.95. The zero-order valence-electron chi connectivity index (χ0n) is 16.0. The fraction of sp³-hybridized carbons (Fsp3) is 0.600. The van der Waals surface area contributed by atoms with Gasteiger partial charge in [0.05, 0.1) is 17.1 Å². The molecule has 0 radical (unpaired) electrons. The van der Waals surface area contributed by atoms with Gasteiger partial charge in [-0.05, 0) is 44.2 Å². The lowest BCUT2D eigenvalue weighted by Crippen LogP contribution is -2.42. The average Bonchev–Trinajstić information content (AvgIpc) is 3.24. The van der Waals surface area contributed by atoms with Crippen LogP contribution in [0.1, 0.15) is 56.7 Å². The van der Waals surface area contributed by atoms with E-state index in [1.54, 1.807) is 13.1 Å². The fourth-order valence-electron chi connectivity index (χ4n) is 4.56. The highest BCUT2D eigenvalue weighted by molar-refractivity contribution is 5.80. The molecule has 0 aromatic carbocycles. The molecule has 2 aliphatic rings. The van der Waals surface area contributed by atoms with E-state index >= 15 is 0 Å². The molecule has 144 valence electrons. The van der Waals surface area contributed by atoms with Crippen molar-refractivity contribution in [1.29, 1.82) is 0 Å². The minimum absolute atomic E-state index is 0.0737. The molecule has 1 saturated heterocycles. The first-order valence-corrected chi connectivity index (χ1v) is 9.86. The summed E-state index contributed by atoms with van der Waals surface area (Å²) in [7, 11) is 3.10. The normalized spacial score (nSPS) is 21.1. The standard InChI is InChI=1S/C20H26N4O3/c1-22-17-14(19(26)23(2)20(22)27)10-11-15(21-17)16-9-5-6-12-24(16)18(25)13-7-3-4-8-13/h10-11,13,16H,3-9,12H2,1-2H3/t16-/m1/s1. The van der Waals surface area contributed by atoms with Gasteiger partial charge in [-0.25, -0.2) is 9.78 Å². The van der Waals surface area contributed by atoms with Gasteiger partial charge in [0, 0.05) is 26.6 Å². The summed E-state index contributed by atoms with van der Waals surface area (Å²) in [5, 5.41) is 0.424. The van der Waals surface area contributed by atoms with Gasteiger partial charge in [-0.1, -0.05) is 12.8 Å². The van der Waals surface area contributed by atoms with Crippen molar-refractivity contribution >= 4 is 16.9 Å². The van der Waals surface area contributed by atoms with E-state index in [0.29, 0.717) is 11.0 Å². The zero-order chi connectivity index (χ0) is 19.1. The predicted molar refractivity (Wildman–Crippen MR) is 102 cm³/mol. The largest absolute Gasteiger partial charge is 0.334 e. The summed E-state index contributed by atoms with van der Waals surface area (Å²) in [4.78, 5) is 44.4. The number of hydrogen-bond acceptors (Lipinski definition) is 4. The van der Waals surface area contributed by atoms with E-state index in [-0.39, 0.29) is 29.1 Å². The summed E-state index contributed by atoms with van der Waals surface area (Å²) >= 11 is 0. The molecule has 7 nitrogen and oxygen atoms in total. The third-order valence-corrected chi connectivity index (χ3v) is 6.15. The number of hydrogen-bond donors (Lipinski definition) is 0. The highest BCUT2D eigenvalue weighted by atomic mass is 16.2. The minimum Gasteiger partial charge on any atom is -0.334 e. The van der Waals surface area contributed by atoms with Crippen LogP contribution in [0.4, 0.5) is 0 Å². The Kier molecular flexibility index (Phi) is 4.61. The van der Waals surface area contributed by atoms with Gasteiger partial charge in [-0.3, -0.25) is 18.7 Å². The van der Waals surface area contributed by atoms with Gasteiger partial charge in [0.15, 0.2) is 0 Å². The molecule has 0 bridgehead atoms. The van der Waals surface area contributed by atoms with Gasteiger partial charge in [0.2, 0.25) is 5.91 Å². The Labute approximate surface area is 157 Å². The van der Waals surface area contributed by atoms with Gasteiger partial charge in [-0.15, -0.1) is 0 Å². The van der Waals surface area contributed by atoms with Crippen molar-refractivity contribution in [2.45, 2.75) is 51.0 Å². The van der Waals surface area contributed by atoms with E-state index in [0.717, 1.165) is 61.8 Å². The second-order valence-corrected chi connectivity index (χ2v) is 7.84. The number of pyridine rings is 1. The Morgan fingerprint density at radius 2 is 1.70 bits per heavy atom. The summed E-state index contributed by atoms with van der Waals surface area (Å²) in [6, 6.07) is 3.51. The first-order chi connectivity index (χ1) is 13.0. The van der Waals surface area contributed by atoms with Crippen LogP contribution in [0, 0.1) is 5.92 Å². The number of aryl methyl sites for hydroxylation is 1. The van der Waals surface area contributed by atoms with Gasteiger partial charge < -0.3 is 4.90 Å². The molecule has 1 aliphatic carbocycles. The van der Waals surface area contributed by atoms with Crippen molar-refractivity contribution in [1.82, 2.24) is 19.0 Å². The third-order valence-electron chi connectivity index (χ3n) is 6.15. The molecule has 2 aromatic rings. The van der Waals surface area contributed by atoms with Gasteiger partial charge >= 0.3 is 5.69 Å². The topological polar surface area (TPSA) is 77.2 Å². The SMILES string of the molecule is Cn1c(=O)c2ccc([C@H]3CCCCN3C(=O)C3CCCC3)nc2n(C)c1=O. The number of fused-ring (bicyclic) bond motifs is 1. The number of likely N-dealkylation sites (tertiary alicyclic amines) is 1. The summed E-state index contributed by atoms with van der Waals surface area (Å²) in [6.45, 7) is 0.759. The Bertz CT molecular complexity index is 1000. The second kappa shape index (κ2) is 6.94. The monoisotopic (exact) mass is 370 g/mol. The van der Waals surface area contributed by atoms with Crippen molar-refractivity contribution in [2.75, 3.05) is 6.54 Å². The first kappa shape index (κ1) is 17.9. The molecule has 0 unspecified atom stereocenters. The van der Waals surface area contributed by atoms with Crippen molar-refractivity contribution < 1.29 is 4.79 Å². The quantitative estimate of drug-likeness (QED) is 0.809. The molecule has 27 heavy (non-hydrogen) atoms. The van der Waals surface area contributed by atoms with E-state index in [1.165, 1.54) is 11.6 Å². The van der Waals surface area contributed by atoms with Crippen LogP contribution in [0.15, 0.2) is 21.7 Å². The predicted octanol–water partition coefficient (Wildman–Crippen LogP) is 1.88. The molecule has 0 N–H and O–H groups in total. The minimum atomic E-state index is -0.389. The lowest BCUT2D eigenvalue weighted by Gasteiger charge is -2.37. The molecule has 7 heteroatoms. The number of amides is 1. The Hall–Kier alpha value is -2.44. The molecule has 1 amide bonds. The number of carbonyl (C=O) groups excluding carboxylic acids is 1. The van der Waals surface area contributed by atoms with Crippen LogP contribution in [0.5, 0.6) is 0 Å². The molecule has 3 heterocycles. The Morgan fingerprint density at radius 3 is 2.44 bits per heavy atom. The molecule has 2 fully saturated rings. The van der Waals surface area contributed by atoms with E-state index in [9.17, 15) is 14.4 Å². The number of carbonyl (C=O) groups is 1. The van der Waals surface area contributed by atoms with Crippen molar-refractivity contribution in [3.63, 3.8) is 0 Å². The van der Waals surface area contributed by atoms with E-state index in [4.69, 9.17) is 0 Å². The van der Waals surface area contributed by atoms with Crippen LogP contribution in [-0.2, 0) is 18.9 Å². The summed E-state index contributed by atoms with van der Waals surface area (Å²) < 4.78 is 2.51. The molecule has 2 aromatic heterocycles. The molecule has 1 saturated carbocycles. The zero-order valence-corrected chi connectivity index (χ0v) is 16.0. The second-order valence-electron chi connectivity index (χ2n) is 7.84. The molecule has 1 atom stereocenters. The summed E-state index contributed by atoms with van der Waals surface area (Å²) in [5.41, 5.74) is 0.436. The smallest absolute Gasteiger partial charge is 0.332 e. The lowest BCUT2D eigenvalue weighted by molar-refractivity contribution is -0.139. The number of rotatable bonds is 2. The maximum absolute atomic E-state index is 13.1. The maximum Gasteiger partial charge on any atom is 0.332 e. The van der Waals surface area contributed by atoms with Crippen LogP contribution < -0.4 is 11.2 Å². The Morgan fingerprint density at radius 1 is 1.00 bits per heavy atom. The molecular weight excluding hydrogens is 344 g/mol. The molecule has 4 rings (SSSR count). The highest BCUT2D eigenvalue weighted by Gasteiger charge is 2.34. The fourth-order valence-corrected chi connectivity index (χ4v) is 4.56. The van der Waals surface area contributed by atoms with Crippen LogP contribution in [0.3, 0.4) is 0 Å². The van der Waals surface area contributed by atoms with Crippen LogP contribution in [0.25, 0.3) is 11.0 Å². The average molecular weight is 370 g/mol. The first-order valence-electron chi connectivity index (χ1n) is 9.86. The molecule has 0 spiro atoms. The van der Waals surface area contributed by atoms with Crippen molar-refractivity contribution in [2.24, 2.45) is 20.0 Å².